The third-order valence-electron chi connectivity index (χ3n) is 4.30. The molecule has 0 atom stereocenters. The number of rotatable bonds is 7. The molecular formula is C20H18Cl2N2O5S. The average molecular weight is 469 g/mol. The van der Waals surface area contributed by atoms with E-state index in [2.05, 4.69) is 9.72 Å². The molecule has 0 saturated carbocycles. The lowest BCUT2D eigenvalue weighted by molar-refractivity contribution is -0.140. The van der Waals surface area contributed by atoms with Crippen LogP contribution in [-0.4, -0.2) is 26.5 Å². The molecule has 0 aliphatic carbocycles. The van der Waals surface area contributed by atoms with Crippen molar-refractivity contribution in [3.63, 3.8) is 0 Å². The van der Waals surface area contributed by atoms with Gasteiger partial charge in [0, 0.05) is 24.0 Å². The minimum Gasteiger partial charge on any atom is -0.469 e. The maximum Gasteiger partial charge on any atom is 0.305 e. The molecular weight excluding hydrogens is 451 g/mol. The van der Waals surface area contributed by atoms with Crippen molar-refractivity contribution in [3.8, 4) is 22.6 Å². The molecule has 7 nitrogen and oxygen atoms in total. The number of sulfonamides is 1. The van der Waals surface area contributed by atoms with Gasteiger partial charge in [0.2, 0.25) is 10.0 Å². The zero-order valence-corrected chi connectivity index (χ0v) is 18.2. The summed E-state index contributed by atoms with van der Waals surface area (Å²) in [5, 5.41) is 6.06. The molecule has 30 heavy (non-hydrogen) atoms. The number of hydrogen-bond acceptors (Lipinski definition) is 6. The second kappa shape index (κ2) is 9.18. The van der Waals surface area contributed by atoms with Crippen LogP contribution in [0.5, 0.6) is 0 Å². The van der Waals surface area contributed by atoms with E-state index in [0.717, 1.165) is 0 Å². The van der Waals surface area contributed by atoms with E-state index in [1.165, 1.54) is 13.2 Å². The van der Waals surface area contributed by atoms with Crippen LogP contribution in [-0.2, 0) is 26.0 Å². The highest BCUT2D eigenvalue weighted by Crippen LogP contribution is 2.38. The number of nitrogens with two attached hydrogens (primary N) is 1. The van der Waals surface area contributed by atoms with E-state index < -0.39 is 10.0 Å². The van der Waals surface area contributed by atoms with Gasteiger partial charge in [0.15, 0.2) is 11.7 Å². The summed E-state index contributed by atoms with van der Waals surface area (Å²) in [6, 6.07) is 11.1. The third kappa shape index (κ3) is 5.02. The first kappa shape index (κ1) is 22.3. The van der Waals surface area contributed by atoms with Gasteiger partial charge < -0.3 is 9.15 Å². The summed E-state index contributed by atoms with van der Waals surface area (Å²) in [6.07, 6.45) is 0.995. The van der Waals surface area contributed by atoms with Crippen LogP contribution in [0.15, 0.2) is 51.8 Å². The van der Waals surface area contributed by atoms with E-state index in [0.29, 0.717) is 51.4 Å². The van der Waals surface area contributed by atoms with Crippen LogP contribution in [0, 0.1) is 0 Å². The highest BCUT2D eigenvalue weighted by molar-refractivity contribution is 7.89. The summed E-state index contributed by atoms with van der Waals surface area (Å²) in [6.45, 7) is 0. The van der Waals surface area contributed by atoms with Crippen molar-refractivity contribution in [2.75, 3.05) is 7.11 Å². The van der Waals surface area contributed by atoms with Crippen LogP contribution in [0.4, 0.5) is 0 Å². The Morgan fingerprint density at radius 1 is 1.17 bits per heavy atom. The Bertz CT molecular complexity index is 1190. The SMILES string of the molecule is COC(=O)CCCc1nc(-c2ccccc2S(N)(=O)=O)c(-c2ccc(Cl)c(Cl)c2)o1. The number of primary sulfonamides is 1. The number of halogens is 2. The molecule has 158 valence electrons. The Morgan fingerprint density at radius 2 is 1.90 bits per heavy atom. The fourth-order valence-electron chi connectivity index (χ4n) is 2.88. The zero-order valence-electron chi connectivity index (χ0n) is 15.9. The van der Waals surface area contributed by atoms with E-state index in [1.54, 1.807) is 36.4 Å². The van der Waals surface area contributed by atoms with Crippen molar-refractivity contribution in [3.05, 3.63) is 58.4 Å². The Labute approximate surface area is 183 Å². The van der Waals surface area contributed by atoms with Crippen molar-refractivity contribution < 1.29 is 22.4 Å². The molecule has 10 heteroatoms. The fraction of sp³-hybridized carbons (Fsp3) is 0.200. The van der Waals surface area contributed by atoms with Gasteiger partial charge in [0.1, 0.15) is 5.69 Å². The van der Waals surface area contributed by atoms with Gasteiger partial charge in [0.25, 0.3) is 0 Å². The maximum absolute atomic E-state index is 12.1. The van der Waals surface area contributed by atoms with E-state index in [9.17, 15) is 13.2 Å². The van der Waals surface area contributed by atoms with Gasteiger partial charge in [0.05, 0.1) is 22.1 Å². The van der Waals surface area contributed by atoms with Crippen LogP contribution in [0.3, 0.4) is 0 Å². The molecule has 0 fully saturated rings. The molecule has 0 radical (unpaired) electrons. The maximum atomic E-state index is 12.1. The number of carbonyl (C=O) groups is 1. The number of ether oxygens (including phenoxy) is 1. The largest absolute Gasteiger partial charge is 0.469 e. The normalized spacial score (nSPS) is 11.5. The van der Waals surface area contributed by atoms with Gasteiger partial charge in [-0.3, -0.25) is 4.79 Å². The number of hydrogen-bond donors (Lipinski definition) is 1. The van der Waals surface area contributed by atoms with Gasteiger partial charge in [-0.05, 0) is 30.7 Å². The number of aryl methyl sites for hydroxylation is 1. The van der Waals surface area contributed by atoms with Gasteiger partial charge in [-0.15, -0.1) is 0 Å². The minimum atomic E-state index is -4.01. The fourth-order valence-corrected chi connectivity index (χ4v) is 3.92. The molecule has 0 aliphatic rings. The van der Waals surface area contributed by atoms with Crippen molar-refractivity contribution in [2.45, 2.75) is 24.2 Å². The van der Waals surface area contributed by atoms with Gasteiger partial charge >= 0.3 is 5.97 Å². The molecule has 0 aliphatic heterocycles. The summed E-state index contributed by atoms with van der Waals surface area (Å²) in [7, 11) is -2.69. The first-order valence-corrected chi connectivity index (χ1v) is 11.1. The Morgan fingerprint density at radius 3 is 2.57 bits per heavy atom. The quantitative estimate of drug-likeness (QED) is 0.512. The molecule has 2 aromatic carbocycles. The number of benzene rings is 2. The third-order valence-corrected chi connectivity index (χ3v) is 6.01. The molecule has 0 unspecified atom stereocenters. The first-order chi connectivity index (χ1) is 14.2. The van der Waals surface area contributed by atoms with E-state index in [-0.39, 0.29) is 17.3 Å². The number of oxazole rings is 1. The van der Waals surface area contributed by atoms with Crippen LogP contribution < -0.4 is 5.14 Å². The predicted octanol–water partition coefficient (Wildman–Crippen LogP) is 4.46. The van der Waals surface area contributed by atoms with E-state index in [4.69, 9.17) is 32.8 Å². The second-order valence-electron chi connectivity index (χ2n) is 6.39. The summed E-state index contributed by atoms with van der Waals surface area (Å²) in [5.74, 6) is 0.308. The lowest BCUT2D eigenvalue weighted by Gasteiger charge is -2.07. The molecule has 2 N–H and O–H groups in total. The molecule has 3 aromatic rings. The van der Waals surface area contributed by atoms with Gasteiger partial charge in [-0.25, -0.2) is 18.5 Å². The van der Waals surface area contributed by atoms with Gasteiger partial charge in [-0.1, -0.05) is 41.4 Å². The average Bonchev–Trinajstić information content (AvgIpc) is 3.13. The number of methoxy groups -OCH3 is 1. The molecule has 3 rings (SSSR count). The van der Waals surface area contributed by atoms with E-state index >= 15 is 0 Å². The molecule has 1 aromatic heterocycles. The second-order valence-corrected chi connectivity index (χ2v) is 8.73. The summed E-state index contributed by atoms with van der Waals surface area (Å²) in [4.78, 5) is 15.8. The summed E-state index contributed by atoms with van der Waals surface area (Å²) < 4.78 is 34.7. The van der Waals surface area contributed by atoms with Crippen LogP contribution in [0.25, 0.3) is 22.6 Å². The molecule has 0 amide bonds. The molecule has 0 bridgehead atoms. The zero-order chi connectivity index (χ0) is 21.9. The summed E-state index contributed by atoms with van der Waals surface area (Å²) >= 11 is 12.2. The van der Waals surface area contributed by atoms with Crippen LogP contribution in [0.2, 0.25) is 10.0 Å². The standard InChI is InChI=1S/C20H18Cl2N2O5S/c1-28-18(25)8-4-7-17-24-19(13-5-2-3-6-16(13)30(23,26)27)20(29-17)12-9-10-14(21)15(22)11-12/h2-3,5-6,9-11H,4,7-8H2,1H3,(H2,23,26,27). The van der Waals surface area contributed by atoms with Crippen molar-refractivity contribution >= 4 is 39.2 Å². The highest BCUT2D eigenvalue weighted by Gasteiger charge is 2.23. The van der Waals surface area contributed by atoms with Gasteiger partial charge in [-0.2, -0.15) is 0 Å². The minimum absolute atomic E-state index is 0.0827. The Hall–Kier alpha value is -2.39. The van der Waals surface area contributed by atoms with Crippen molar-refractivity contribution in [1.29, 1.82) is 0 Å². The Balaban J connectivity index is 2.11. The predicted molar refractivity (Wildman–Crippen MR) is 114 cm³/mol. The van der Waals surface area contributed by atoms with E-state index in [1.807, 2.05) is 0 Å². The smallest absolute Gasteiger partial charge is 0.305 e. The number of carbonyl (C=O) groups excluding carboxylic acids is 1. The van der Waals surface area contributed by atoms with Crippen molar-refractivity contribution in [2.24, 2.45) is 5.14 Å². The lowest BCUT2D eigenvalue weighted by atomic mass is 10.1. The molecule has 0 spiro atoms. The number of aromatic nitrogens is 1. The number of nitrogens with zero attached hydrogens (tertiary/aromatic N) is 1. The van der Waals surface area contributed by atoms with Crippen LogP contribution in [0.1, 0.15) is 18.7 Å². The van der Waals surface area contributed by atoms with Crippen LogP contribution >= 0.6 is 23.2 Å². The van der Waals surface area contributed by atoms with Crippen molar-refractivity contribution in [1.82, 2.24) is 4.98 Å². The first-order valence-electron chi connectivity index (χ1n) is 8.85. The number of esters is 1. The summed E-state index contributed by atoms with van der Waals surface area (Å²) in [5.41, 5.74) is 1.16. The lowest BCUT2D eigenvalue weighted by Crippen LogP contribution is -2.13. The molecule has 0 saturated heterocycles. The Kier molecular flexibility index (Phi) is 6.82. The molecule has 1 heterocycles. The highest BCUT2D eigenvalue weighted by atomic mass is 35.5. The topological polar surface area (TPSA) is 112 Å². The monoisotopic (exact) mass is 468 g/mol.